The van der Waals surface area contributed by atoms with Gasteiger partial charge in [0.2, 0.25) is 5.91 Å². The molecule has 2 unspecified atom stereocenters. The van der Waals surface area contributed by atoms with E-state index >= 15 is 0 Å². The Kier molecular flexibility index (Phi) is 8.54. The third kappa shape index (κ3) is 5.75. The normalized spacial score (nSPS) is 19.7. The molecule has 0 saturated carbocycles. The molecule has 2 atom stereocenters. The maximum Gasteiger partial charge on any atom is 0.236 e. The lowest BCUT2D eigenvalue weighted by molar-refractivity contribution is -0.132. The Morgan fingerprint density at radius 1 is 1.43 bits per heavy atom. The lowest BCUT2D eigenvalue weighted by Crippen LogP contribution is -2.52. The van der Waals surface area contributed by atoms with Gasteiger partial charge in [0.15, 0.2) is 0 Å². The van der Waals surface area contributed by atoms with Crippen molar-refractivity contribution in [2.45, 2.75) is 44.8 Å². The van der Waals surface area contributed by atoms with Crippen LogP contribution in [0.3, 0.4) is 0 Å². The lowest BCUT2D eigenvalue weighted by atomic mass is 9.97. The summed E-state index contributed by atoms with van der Waals surface area (Å²) >= 11 is 3.54. The highest BCUT2D eigenvalue weighted by Gasteiger charge is 2.27. The first-order valence-electron chi connectivity index (χ1n) is 7.96. The van der Waals surface area contributed by atoms with Gasteiger partial charge in [0, 0.05) is 30.1 Å². The van der Waals surface area contributed by atoms with Gasteiger partial charge >= 0.3 is 0 Å². The summed E-state index contributed by atoms with van der Waals surface area (Å²) in [4.78, 5) is 16.6. The largest absolute Gasteiger partial charge is 0.340 e. The third-order valence-electron chi connectivity index (χ3n) is 4.40. The van der Waals surface area contributed by atoms with Crippen LogP contribution < -0.4 is 5.73 Å². The number of nitrogens with two attached hydrogens (primary N) is 1. The minimum atomic E-state index is 0. The van der Waals surface area contributed by atoms with E-state index in [0.717, 1.165) is 29.4 Å². The van der Waals surface area contributed by atoms with E-state index < -0.39 is 0 Å². The van der Waals surface area contributed by atoms with Crippen molar-refractivity contribution in [2.75, 3.05) is 20.1 Å². The van der Waals surface area contributed by atoms with E-state index in [0.29, 0.717) is 19.1 Å². The average molecular weight is 405 g/mol. The van der Waals surface area contributed by atoms with Crippen LogP contribution in [-0.2, 0) is 11.3 Å². The molecule has 1 aromatic carbocycles. The number of likely N-dealkylation sites (tertiary alicyclic amines) is 1. The van der Waals surface area contributed by atoms with E-state index in [4.69, 9.17) is 5.73 Å². The molecule has 1 amide bonds. The molecule has 0 bridgehead atoms. The summed E-state index contributed by atoms with van der Waals surface area (Å²) < 4.78 is 1.04. The van der Waals surface area contributed by atoms with Gasteiger partial charge in [-0.2, -0.15) is 0 Å². The Morgan fingerprint density at radius 3 is 2.78 bits per heavy atom. The summed E-state index contributed by atoms with van der Waals surface area (Å²) in [6.07, 6.45) is 3.47. The SMILES string of the molecule is CC(N)C1CCCCN1CC(=O)N(C)Cc1ccccc1Br.Cl. The highest BCUT2D eigenvalue weighted by atomic mass is 79.9. The minimum absolute atomic E-state index is 0. The molecule has 2 N–H and O–H groups in total. The minimum Gasteiger partial charge on any atom is -0.340 e. The number of rotatable bonds is 5. The zero-order chi connectivity index (χ0) is 16.1. The zero-order valence-electron chi connectivity index (χ0n) is 13.9. The van der Waals surface area contributed by atoms with Crippen molar-refractivity contribution >= 4 is 34.2 Å². The van der Waals surface area contributed by atoms with Crippen LogP contribution in [0.25, 0.3) is 0 Å². The van der Waals surface area contributed by atoms with Gasteiger partial charge in [0.05, 0.1) is 6.54 Å². The molecule has 23 heavy (non-hydrogen) atoms. The van der Waals surface area contributed by atoms with Gasteiger partial charge in [-0.25, -0.2) is 0 Å². The molecule has 1 heterocycles. The highest BCUT2D eigenvalue weighted by Crippen LogP contribution is 2.20. The van der Waals surface area contributed by atoms with Crippen LogP contribution in [0, 0.1) is 0 Å². The Morgan fingerprint density at radius 2 is 2.13 bits per heavy atom. The second-order valence-corrected chi connectivity index (χ2v) is 7.09. The van der Waals surface area contributed by atoms with E-state index in [1.165, 1.54) is 6.42 Å². The van der Waals surface area contributed by atoms with Crippen molar-refractivity contribution in [1.82, 2.24) is 9.80 Å². The van der Waals surface area contributed by atoms with Gasteiger partial charge in [-0.15, -0.1) is 12.4 Å². The fourth-order valence-electron chi connectivity index (χ4n) is 3.07. The molecule has 1 aliphatic heterocycles. The van der Waals surface area contributed by atoms with Crippen LogP contribution in [-0.4, -0.2) is 47.9 Å². The van der Waals surface area contributed by atoms with Crippen LogP contribution in [0.2, 0.25) is 0 Å². The summed E-state index contributed by atoms with van der Waals surface area (Å²) in [5.41, 5.74) is 7.21. The molecule has 1 fully saturated rings. The Bertz CT molecular complexity index is 512. The predicted molar refractivity (Wildman–Crippen MR) is 101 cm³/mol. The third-order valence-corrected chi connectivity index (χ3v) is 5.17. The zero-order valence-corrected chi connectivity index (χ0v) is 16.3. The molecule has 4 nitrogen and oxygen atoms in total. The molecule has 0 spiro atoms. The van der Waals surface area contributed by atoms with Gasteiger partial charge in [0.25, 0.3) is 0 Å². The second-order valence-electron chi connectivity index (χ2n) is 6.23. The molecule has 1 aliphatic rings. The first-order chi connectivity index (χ1) is 10.5. The van der Waals surface area contributed by atoms with Gasteiger partial charge < -0.3 is 10.6 Å². The van der Waals surface area contributed by atoms with Crippen LogP contribution in [0.4, 0.5) is 0 Å². The van der Waals surface area contributed by atoms with Gasteiger partial charge in [-0.3, -0.25) is 9.69 Å². The summed E-state index contributed by atoms with van der Waals surface area (Å²) in [6.45, 7) is 4.10. The van der Waals surface area contributed by atoms with Crippen molar-refractivity contribution in [1.29, 1.82) is 0 Å². The van der Waals surface area contributed by atoms with E-state index in [9.17, 15) is 4.79 Å². The lowest BCUT2D eigenvalue weighted by Gasteiger charge is -2.38. The number of halogens is 2. The van der Waals surface area contributed by atoms with Crippen molar-refractivity contribution in [2.24, 2.45) is 5.73 Å². The second kappa shape index (κ2) is 9.62. The highest BCUT2D eigenvalue weighted by molar-refractivity contribution is 9.10. The van der Waals surface area contributed by atoms with Crippen LogP contribution >= 0.6 is 28.3 Å². The van der Waals surface area contributed by atoms with E-state index in [-0.39, 0.29) is 24.4 Å². The van der Waals surface area contributed by atoms with Crippen LogP contribution in [0.5, 0.6) is 0 Å². The Labute approximate surface area is 153 Å². The molecule has 130 valence electrons. The maximum atomic E-state index is 12.5. The Hall–Kier alpha value is -0.620. The number of carbonyl (C=O) groups is 1. The van der Waals surface area contributed by atoms with Crippen molar-refractivity contribution in [3.05, 3.63) is 34.3 Å². The van der Waals surface area contributed by atoms with Crippen molar-refractivity contribution in [3.63, 3.8) is 0 Å². The smallest absolute Gasteiger partial charge is 0.236 e. The summed E-state index contributed by atoms with van der Waals surface area (Å²) in [5, 5.41) is 0. The molecule has 0 radical (unpaired) electrons. The molecule has 0 aromatic heterocycles. The molecule has 2 rings (SSSR count). The summed E-state index contributed by atoms with van der Waals surface area (Å²) in [7, 11) is 1.87. The number of nitrogens with zero attached hydrogens (tertiary/aromatic N) is 2. The summed E-state index contributed by atoms with van der Waals surface area (Å²) in [6, 6.07) is 8.46. The number of likely N-dealkylation sites (N-methyl/N-ethyl adjacent to an activating group) is 1. The van der Waals surface area contributed by atoms with E-state index in [2.05, 4.69) is 20.8 Å². The van der Waals surface area contributed by atoms with E-state index in [1.54, 1.807) is 4.90 Å². The first-order valence-corrected chi connectivity index (χ1v) is 8.75. The van der Waals surface area contributed by atoms with Gasteiger partial charge in [-0.05, 0) is 37.9 Å². The van der Waals surface area contributed by atoms with Crippen LogP contribution in [0.1, 0.15) is 31.7 Å². The van der Waals surface area contributed by atoms with Crippen molar-refractivity contribution in [3.8, 4) is 0 Å². The maximum absolute atomic E-state index is 12.5. The number of carbonyl (C=O) groups excluding carboxylic acids is 1. The molecule has 1 saturated heterocycles. The number of hydrogen-bond acceptors (Lipinski definition) is 3. The standard InChI is InChI=1S/C17H26BrN3O.ClH/c1-13(19)16-9-5-6-10-21(16)12-17(22)20(2)11-14-7-3-4-8-15(14)18;/h3-4,7-8,13,16H,5-6,9-12,19H2,1-2H3;1H. The quantitative estimate of drug-likeness (QED) is 0.820. The topological polar surface area (TPSA) is 49.6 Å². The number of amides is 1. The summed E-state index contributed by atoms with van der Waals surface area (Å²) in [5.74, 6) is 0.156. The molecule has 6 heteroatoms. The van der Waals surface area contributed by atoms with Gasteiger partial charge in [0.1, 0.15) is 0 Å². The van der Waals surface area contributed by atoms with E-state index in [1.807, 2.05) is 38.2 Å². The predicted octanol–water partition coefficient (Wildman–Crippen LogP) is 3.03. The number of piperidine rings is 1. The monoisotopic (exact) mass is 403 g/mol. The molecule has 0 aliphatic carbocycles. The number of hydrogen-bond donors (Lipinski definition) is 1. The fourth-order valence-corrected chi connectivity index (χ4v) is 3.48. The Balaban J connectivity index is 0.00000264. The fraction of sp³-hybridized carbons (Fsp3) is 0.588. The molecule has 1 aromatic rings. The first kappa shape index (κ1) is 20.4. The molecular formula is C17H27BrClN3O. The van der Waals surface area contributed by atoms with Gasteiger partial charge in [-0.1, -0.05) is 40.5 Å². The number of benzene rings is 1. The van der Waals surface area contributed by atoms with Crippen molar-refractivity contribution < 1.29 is 4.79 Å². The van der Waals surface area contributed by atoms with Crippen LogP contribution in [0.15, 0.2) is 28.7 Å². The average Bonchev–Trinajstić information content (AvgIpc) is 2.49. The molecular weight excluding hydrogens is 378 g/mol.